The van der Waals surface area contributed by atoms with Crippen LogP contribution in [0.5, 0.6) is 5.75 Å². The zero-order valence-electron chi connectivity index (χ0n) is 14.3. The molecule has 0 spiro atoms. The van der Waals surface area contributed by atoms with Gasteiger partial charge in [-0.2, -0.15) is 0 Å². The van der Waals surface area contributed by atoms with Gasteiger partial charge >= 0.3 is 5.97 Å². The molecule has 2 aromatic rings. The van der Waals surface area contributed by atoms with Crippen LogP contribution in [0.4, 0.5) is 0 Å². The van der Waals surface area contributed by atoms with Crippen LogP contribution in [-0.4, -0.2) is 34.5 Å². The molecule has 1 amide bonds. The third kappa shape index (κ3) is 6.30. The number of nitrogens with zero attached hydrogens (tertiary/aromatic N) is 1. The quantitative estimate of drug-likeness (QED) is 0.759. The zero-order valence-corrected chi connectivity index (χ0v) is 14.3. The van der Waals surface area contributed by atoms with Crippen LogP contribution in [0, 0.1) is 0 Å². The molecule has 0 aliphatic carbocycles. The van der Waals surface area contributed by atoms with E-state index in [1.54, 1.807) is 24.0 Å². The minimum Gasteiger partial charge on any atom is -0.481 e. The Morgan fingerprint density at radius 2 is 1.64 bits per heavy atom. The normalized spacial score (nSPS) is 11.6. The first-order valence-electron chi connectivity index (χ1n) is 8.32. The van der Waals surface area contributed by atoms with Gasteiger partial charge in [0.05, 0.1) is 0 Å². The van der Waals surface area contributed by atoms with E-state index in [-0.39, 0.29) is 12.3 Å². The van der Waals surface area contributed by atoms with Crippen molar-refractivity contribution in [2.24, 2.45) is 0 Å². The SMILES string of the molecule is CC(Oc1ccccc1)C(=O)N(CCCC(=O)O)Cc1ccccc1. The van der Waals surface area contributed by atoms with Gasteiger partial charge < -0.3 is 14.7 Å². The molecule has 2 aromatic carbocycles. The maximum Gasteiger partial charge on any atom is 0.303 e. The molecule has 25 heavy (non-hydrogen) atoms. The van der Waals surface area contributed by atoms with Crippen LogP contribution < -0.4 is 4.74 Å². The Hall–Kier alpha value is -2.82. The van der Waals surface area contributed by atoms with Gasteiger partial charge in [-0.1, -0.05) is 48.5 Å². The second-order valence-corrected chi connectivity index (χ2v) is 5.82. The van der Waals surface area contributed by atoms with Crippen molar-refractivity contribution in [3.8, 4) is 5.75 Å². The Morgan fingerprint density at radius 1 is 1.04 bits per heavy atom. The molecule has 1 atom stereocenters. The van der Waals surface area contributed by atoms with E-state index in [0.717, 1.165) is 5.56 Å². The molecule has 0 bridgehead atoms. The van der Waals surface area contributed by atoms with Crippen molar-refractivity contribution in [2.75, 3.05) is 6.54 Å². The number of carbonyl (C=O) groups is 2. The van der Waals surface area contributed by atoms with Crippen LogP contribution in [0.3, 0.4) is 0 Å². The molecule has 0 aliphatic rings. The Balaban J connectivity index is 2.03. The average molecular weight is 341 g/mol. The summed E-state index contributed by atoms with van der Waals surface area (Å²) < 4.78 is 5.71. The van der Waals surface area contributed by atoms with E-state index in [4.69, 9.17) is 9.84 Å². The number of ether oxygens (including phenoxy) is 1. The number of carboxylic acids is 1. The summed E-state index contributed by atoms with van der Waals surface area (Å²) in [5.41, 5.74) is 0.998. The fraction of sp³-hybridized carbons (Fsp3) is 0.300. The van der Waals surface area contributed by atoms with Crippen LogP contribution in [0.2, 0.25) is 0 Å². The fourth-order valence-corrected chi connectivity index (χ4v) is 2.50. The van der Waals surface area contributed by atoms with Gasteiger partial charge in [-0.3, -0.25) is 9.59 Å². The Labute approximate surface area is 147 Å². The third-order valence-corrected chi connectivity index (χ3v) is 3.75. The van der Waals surface area contributed by atoms with Crippen LogP contribution in [0.1, 0.15) is 25.3 Å². The lowest BCUT2D eigenvalue weighted by atomic mass is 10.2. The summed E-state index contributed by atoms with van der Waals surface area (Å²) in [4.78, 5) is 25.2. The highest BCUT2D eigenvalue weighted by Gasteiger charge is 2.22. The number of aliphatic carboxylic acids is 1. The fourth-order valence-electron chi connectivity index (χ4n) is 2.50. The summed E-state index contributed by atoms with van der Waals surface area (Å²) in [5.74, 6) is -0.382. The maximum atomic E-state index is 12.8. The lowest BCUT2D eigenvalue weighted by Crippen LogP contribution is -2.40. The van der Waals surface area contributed by atoms with Gasteiger partial charge in [0.1, 0.15) is 5.75 Å². The van der Waals surface area contributed by atoms with Crippen LogP contribution in [0.25, 0.3) is 0 Å². The molecular weight excluding hydrogens is 318 g/mol. The molecular formula is C20H23NO4. The molecule has 132 valence electrons. The van der Waals surface area contributed by atoms with E-state index in [0.29, 0.717) is 25.3 Å². The summed E-state index contributed by atoms with van der Waals surface area (Å²) in [5, 5.41) is 8.83. The number of para-hydroxylation sites is 1. The molecule has 2 rings (SSSR count). The number of hydrogen-bond acceptors (Lipinski definition) is 3. The molecule has 0 aromatic heterocycles. The molecule has 0 radical (unpaired) electrons. The van der Waals surface area contributed by atoms with Crippen molar-refractivity contribution in [1.82, 2.24) is 4.90 Å². The monoisotopic (exact) mass is 341 g/mol. The minimum absolute atomic E-state index is 0.0342. The van der Waals surface area contributed by atoms with Crippen molar-refractivity contribution >= 4 is 11.9 Å². The highest BCUT2D eigenvalue weighted by atomic mass is 16.5. The lowest BCUT2D eigenvalue weighted by molar-refractivity contribution is -0.140. The topological polar surface area (TPSA) is 66.8 Å². The summed E-state index contributed by atoms with van der Waals surface area (Å²) >= 11 is 0. The molecule has 5 nitrogen and oxygen atoms in total. The van der Waals surface area contributed by atoms with Gasteiger partial charge in [-0.05, 0) is 31.0 Å². The van der Waals surface area contributed by atoms with Gasteiger partial charge in [0.25, 0.3) is 5.91 Å². The number of amides is 1. The molecule has 1 unspecified atom stereocenters. The first-order chi connectivity index (χ1) is 12.1. The second kappa shape index (κ2) is 9.47. The Bertz CT molecular complexity index is 673. The van der Waals surface area contributed by atoms with E-state index in [1.165, 1.54) is 0 Å². The third-order valence-electron chi connectivity index (χ3n) is 3.75. The van der Waals surface area contributed by atoms with Gasteiger partial charge in [-0.25, -0.2) is 0 Å². The van der Waals surface area contributed by atoms with Gasteiger partial charge in [-0.15, -0.1) is 0 Å². The van der Waals surface area contributed by atoms with Crippen LogP contribution in [-0.2, 0) is 16.1 Å². The van der Waals surface area contributed by atoms with E-state index in [2.05, 4.69) is 0 Å². The van der Waals surface area contributed by atoms with E-state index < -0.39 is 12.1 Å². The first kappa shape index (κ1) is 18.5. The standard InChI is InChI=1S/C20H23NO4/c1-16(25-18-11-6-3-7-12-18)20(24)21(14-8-13-19(22)23)15-17-9-4-2-5-10-17/h2-7,9-12,16H,8,13-15H2,1H3,(H,22,23). The molecule has 0 saturated carbocycles. The summed E-state index contributed by atoms with van der Waals surface area (Å²) in [6.45, 7) is 2.52. The molecule has 0 aliphatic heterocycles. The lowest BCUT2D eigenvalue weighted by Gasteiger charge is -2.26. The predicted molar refractivity (Wildman–Crippen MR) is 95.3 cm³/mol. The number of carboxylic acid groups (broad SMARTS) is 1. The predicted octanol–water partition coefficient (Wildman–Crippen LogP) is 3.35. The number of hydrogen-bond donors (Lipinski definition) is 1. The van der Waals surface area contributed by atoms with Crippen LogP contribution in [0.15, 0.2) is 60.7 Å². The Kier molecular flexibility index (Phi) is 7.01. The maximum absolute atomic E-state index is 12.8. The van der Waals surface area contributed by atoms with Crippen molar-refractivity contribution in [3.63, 3.8) is 0 Å². The first-order valence-corrected chi connectivity index (χ1v) is 8.32. The van der Waals surface area contributed by atoms with Crippen molar-refractivity contribution < 1.29 is 19.4 Å². The van der Waals surface area contributed by atoms with Gasteiger partial charge in [0.15, 0.2) is 6.10 Å². The molecule has 0 heterocycles. The summed E-state index contributed by atoms with van der Waals surface area (Å²) in [7, 11) is 0. The molecule has 1 N–H and O–H groups in total. The zero-order chi connectivity index (χ0) is 18.1. The summed E-state index contributed by atoms with van der Waals surface area (Å²) in [6.07, 6.45) is -0.200. The molecule has 5 heteroatoms. The number of carbonyl (C=O) groups excluding carboxylic acids is 1. The largest absolute Gasteiger partial charge is 0.481 e. The second-order valence-electron chi connectivity index (χ2n) is 5.82. The van der Waals surface area contributed by atoms with Crippen molar-refractivity contribution in [1.29, 1.82) is 0 Å². The summed E-state index contributed by atoms with van der Waals surface area (Å²) in [6, 6.07) is 18.8. The molecule has 0 fully saturated rings. The van der Waals surface area contributed by atoms with Crippen molar-refractivity contribution in [2.45, 2.75) is 32.4 Å². The van der Waals surface area contributed by atoms with Gasteiger partial charge in [0.2, 0.25) is 0 Å². The van der Waals surface area contributed by atoms with E-state index in [1.807, 2.05) is 48.5 Å². The van der Waals surface area contributed by atoms with Crippen LogP contribution >= 0.6 is 0 Å². The van der Waals surface area contributed by atoms with Crippen molar-refractivity contribution in [3.05, 3.63) is 66.2 Å². The number of rotatable bonds is 9. The Morgan fingerprint density at radius 3 is 2.24 bits per heavy atom. The minimum atomic E-state index is -0.860. The molecule has 0 saturated heterocycles. The van der Waals surface area contributed by atoms with E-state index in [9.17, 15) is 9.59 Å². The number of benzene rings is 2. The highest BCUT2D eigenvalue weighted by Crippen LogP contribution is 2.14. The van der Waals surface area contributed by atoms with Gasteiger partial charge in [0, 0.05) is 19.5 Å². The highest BCUT2D eigenvalue weighted by molar-refractivity contribution is 5.81. The average Bonchev–Trinajstić information content (AvgIpc) is 2.61. The smallest absolute Gasteiger partial charge is 0.303 e. The van der Waals surface area contributed by atoms with E-state index >= 15 is 0 Å².